The molecule has 2 heterocycles. The fourth-order valence-electron chi connectivity index (χ4n) is 2.70. The fourth-order valence-corrected chi connectivity index (χ4v) is 2.70. The molecule has 0 spiro atoms. The van der Waals surface area contributed by atoms with E-state index in [4.69, 9.17) is 5.73 Å². The number of aryl methyl sites for hydroxylation is 1. The lowest BCUT2D eigenvalue weighted by Crippen LogP contribution is -2.40. The predicted octanol–water partition coefficient (Wildman–Crippen LogP) is 1.39. The summed E-state index contributed by atoms with van der Waals surface area (Å²) in [4.78, 5) is 6.89. The van der Waals surface area contributed by atoms with E-state index in [1.807, 2.05) is 4.68 Å². The second-order valence-corrected chi connectivity index (χ2v) is 5.11. The summed E-state index contributed by atoms with van der Waals surface area (Å²) in [6.45, 7) is 5.90. The highest BCUT2D eigenvalue weighted by molar-refractivity contribution is 4.88. The maximum Gasteiger partial charge on any atom is 0.141 e. The lowest BCUT2D eigenvalue weighted by atomic mass is 10.1. The van der Waals surface area contributed by atoms with Crippen molar-refractivity contribution in [2.24, 2.45) is 5.73 Å². The Morgan fingerprint density at radius 1 is 1.39 bits per heavy atom. The van der Waals surface area contributed by atoms with Gasteiger partial charge in [0.05, 0.1) is 6.54 Å². The molecule has 2 rings (SSSR count). The van der Waals surface area contributed by atoms with Crippen molar-refractivity contribution in [3.05, 3.63) is 12.2 Å². The third-order valence-electron chi connectivity index (χ3n) is 3.75. The zero-order valence-corrected chi connectivity index (χ0v) is 11.4. The molecule has 0 bridgehead atoms. The first-order chi connectivity index (χ1) is 8.85. The van der Waals surface area contributed by atoms with Gasteiger partial charge in [-0.25, -0.2) is 9.67 Å². The van der Waals surface area contributed by atoms with E-state index in [9.17, 15) is 0 Å². The Balaban J connectivity index is 2.03. The highest BCUT2D eigenvalue weighted by Crippen LogP contribution is 2.18. The molecule has 2 N–H and O–H groups in total. The van der Waals surface area contributed by atoms with Crippen LogP contribution in [0.1, 0.15) is 44.9 Å². The number of hydrogen-bond donors (Lipinski definition) is 1. The summed E-state index contributed by atoms with van der Waals surface area (Å²) in [6, 6.07) is 0.513. The molecule has 1 aliphatic rings. The lowest BCUT2D eigenvalue weighted by Gasteiger charge is -2.28. The maximum atomic E-state index is 5.90. The van der Waals surface area contributed by atoms with Crippen LogP contribution in [0.2, 0.25) is 0 Å². The molecule has 1 aromatic heterocycles. The number of aromatic nitrogens is 3. The molecule has 5 heteroatoms. The number of nitrogens with two attached hydrogens (primary N) is 1. The van der Waals surface area contributed by atoms with Crippen LogP contribution in [-0.4, -0.2) is 38.8 Å². The van der Waals surface area contributed by atoms with Gasteiger partial charge in [-0.3, -0.25) is 4.90 Å². The Morgan fingerprint density at radius 3 is 3.06 bits per heavy atom. The SMILES string of the molecule is CCCn1ncnc1CN1CCCCCC1CN. The molecule has 1 aromatic rings. The number of hydrogen-bond acceptors (Lipinski definition) is 4. The average Bonchev–Trinajstić information content (AvgIpc) is 2.68. The van der Waals surface area contributed by atoms with Gasteiger partial charge >= 0.3 is 0 Å². The quantitative estimate of drug-likeness (QED) is 0.859. The Kier molecular flexibility index (Phi) is 5.13. The minimum atomic E-state index is 0.513. The van der Waals surface area contributed by atoms with E-state index in [0.29, 0.717) is 6.04 Å². The van der Waals surface area contributed by atoms with Crippen molar-refractivity contribution in [2.45, 2.75) is 58.2 Å². The Labute approximate surface area is 109 Å². The first-order valence-electron chi connectivity index (χ1n) is 7.16. The van der Waals surface area contributed by atoms with E-state index < -0.39 is 0 Å². The van der Waals surface area contributed by atoms with Crippen molar-refractivity contribution < 1.29 is 0 Å². The summed E-state index contributed by atoms with van der Waals surface area (Å²) in [5.74, 6) is 1.08. The molecule has 0 amide bonds. The highest BCUT2D eigenvalue weighted by atomic mass is 15.3. The van der Waals surface area contributed by atoms with Gasteiger partial charge in [0, 0.05) is 19.1 Å². The summed E-state index contributed by atoms with van der Waals surface area (Å²) >= 11 is 0. The Hall–Kier alpha value is -0.940. The van der Waals surface area contributed by atoms with Crippen molar-refractivity contribution in [3.63, 3.8) is 0 Å². The molecule has 1 unspecified atom stereocenters. The number of nitrogens with zero attached hydrogens (tertiary/aromatic N) is 4. The highest BCUT2D eigenvalue weighted by Gasteiger charge is 2.21. The minimum absolute atomic E-state index is 0.513. The van der Waals surface area contributed by atoms with Gasteiger partial charge in [0.1, 0.15) is 12.2 Å². The summed E-state index contributed by atoms with van der Waals surface area (Å²) in [6.07, 6.45) is 7.89. The second-order valence-electron chi connectivity index (χ2n) is 5.11. The molecule has 18 heavy (non-hydrogen) atoms. The van der Waals surface area contributed by atoms with Crippen LogP contribution in [0.4, 0.5) is 0 Å². The first kappa shape index (κ1) is 13.5. The van der Waals surface area contributed by atoms with Crippen LogP contribution in [0.5, 0.6) is 0 Å². The van der Waals surface area contributed by atoms with Crippen LogP contribution >= 0.6 is 0 Å². The summed E-state index contributed by atoms with van der Waals surface area (Å²) in [5.41, 5.74) is 5.90. The lowest BCUT2D eigenvalue weighted by molar-refractivity contribution is 0.187. The molecule has 1 aliphatic heterocycles. The zero-order chi connectivity index (χ0) is 12.8. The number of likely N-dealkylation sites (tertiary alicyclic amines) is 1. The summed E-state index contributed by atoms with van der Waals surface area (Å²) in [5, 5.41) is 4.29. The van der Waals surface area contributed by atoms with Crippen LogP contribution in [0.15, 0.2) is 6.33 Å². The van der Waals surface area contributed by atoms with E-state index in [1.165, 1.54) is 25.7 Å². The normalized spacial score (nSPS) is 22.0. The summed E-state index contributed by atoms with van der Waals surface area (Å²) in [7, 11) is 0. The van der Waals surface area contributed by atoms with E-state index in [1.54, 1.807) is 6.33 Å². The van der Waals surface area contributed by atoms with Gasteiger partial charge < -0.3 is 5.73 Å². The standard InChI is InChI=1S/C13H25N5/c1-2-7-18-13(15-11-16-18)10-17-8-5-3-4-6-12(17)9-14/h11-12H,2-10,14H2,1H3. The van der Waals surface area contributed by atoms with Crippen molar-refractivity contribution >= 4 is 0 Å². The third-order valence-corrected chi connectivity index (χ3v) is 3.75. The van der Waals surface area contributed by atoms with Crippen LogP contribution in [0, 0.1) is 0 Å². The van der Waals surface area contributed by atoms with Gasteiger partial charge in [-0.15, -0.1) is 0 Å². The van der Waals surface area contributed by atoms with Crippen LogP contribution in [-0.2, 0) is 13.1 Å². The molecule has 1 atom stereocenters. The van der Waals surface area contributed by atoms with E-state index in [2.05, 4.69) is 21.9 Å². The number of rotatable bonds is 5. The second kappa shape index (κ2) is 6.85. The Bertz CT molecular complexity index is 349. The molecule has 1 fully saturated rings. The van der Waals surface area contributed by atoms with Gasteiger partial charge in [0.2, 0.25) is 0 Å². The monoisotopic (exact) mass is 251 g/mol. The van der Waals surface area contributed by atoms with E-state index in [0.717, 1.165) is 38.4 Å². The van der Waals surface area contributed by atoms with Gasteiger partial charge in [-0.2, -0.15) is 5.10 Å². The third kappa shape index (κ3) is 3.29. The molecule has 0 saturated carbocycles. The first-order valence-corrected chi connectivity index (χ1v) is 7.16. The molecule has 0 aromatic carbocycles. The minimum Gasteiger partial charge on any atom is -0.329 e. The van der Waals surface area contributed by atoms with Crippen molar-refractivity contribution in [1.29, 1.82) is 0 Å². The molecule has 0 aliphatic carbocycles. The van der Waals surface area contributed by atoms with Crippen LogP contribution in [0.3, 0.4) is 0 Å². The van der Waals surface area contributed by atoms with Crippen molar-refractivity contribution in [3.8, 4) is 0 Å². The molecule has 1 saturated heterocycles. The fraction of sp³-hybridized carbons (Fsp3) is 0.846. The molecule has 102 valence electrons. The zero-order valence-electron chi connectivity index (χ0n) is 11.4. The maximum absolute atomic E-state index is 5.90. The van der Waals surface area contributed by atoms with Crippen molar-refractivity contribution in [2.75, 3.05) is 13.1 Å². The summed E-state index contributed by atoms with van der Waals surface area (Å²) < 4.78 is 2.03. The van der Waals surface area contributed by atoms with Crippen molar-refractivity contribution in [1.82, 2.24) is 19.7 Å². The molecule has 5 nitrogen and oxygen atoms in total. The molecular weight excluding hydrogens is 226 g/mol. The average molecular weight is 251 g/mol. The smallest absolute Gasteiger partial charge is 0.141 e. The van der Waals surface area contributed by atoms with Gasteiger partial charge in [0.15, 0.2) is 0 Å². The Morgan fingerprint density at radius 2 is 2.28 bits per heavy atom. The van der Waals surface area contributed by atoms with Crippen LogP contribution < -0.4 is 5.73 Å². The molecular formula is C13H25N5. The van der Waals surface area contributed by atoms with Gasteiger partial charge in [-0.05, 0) is 25.8 Å². The van der Waals surface area contributed by atoms with E-state index in [-0.39, 0.29) is 0 Å². The topological polar surface area (TPSA) is 60.0 Å². The van der Waals surface area contributed by atoms with Crippen LogP contribution in [0.25, 0.3) is 0 Å². The van der Waals surface area contributed by atoms with Gasteiger partial charge in [0.25, 0.3) is 0 Å². The molecule has 0 radical (unpaired) electrons. The van der Waals surface area contributed by atoms with E-state index >= 15 is 0 Å². The van der Waals surface area contributed by atoms with Gasteiger partial charge in [-0.1, -0.05) is 19.8 Å². The largest absolute Gasteiger partial charge is 0.329 e. The predicted molar refractivity (Wildman–Crippen MR) is 72.0 cm³/mol.